The van der Waals surface area contributed by atoms with E-state index in [0.29, 0.717) is 17.9 Å². The first-order chi connectivity index (χ1) is 13.4. The zero-order valence-electron chi connectivity index (χ0n) is 15.7. The second-order valence-electron chi connectivity index (χ2n) is 6.95. The molecule has 1 amide bonds. The Balaban J connectivity index is 1.75. The lowest BCUT2D eigenvalue weighted by atomic mass is 10.2. The summed E-state index contributed by atoms with van der Waals surface area (Å²) in [5, 5.41) is 6.94. The Morgan fingerprint density at radius 1 is 1.25 bits per heavy atom. The minimum atomic E-state index is -0.533. The van der Waals surface area contributed by atoms with Crippen LogP contribution in [0.4, 0.5) is 10.1 Å². The van der Waals surface area contributed by atoms with Gasteiger partial charge in [0.15, 0.2) is 0 Å². The number of aromatic nitrogens is 4. The number of carbonyl (C=O) groups is 1. The van der Waals surface area contributed by atoms with E-state index in [0.717, 1.165) is 29.9 Å². The average molecular weight is 381 g/mol. The Kier molecular flexibility index (Phi) is 4.54. The fraction of sp³-hybridized carbons (Fsp3) is 0.300. The van der Waals surface area contributed by atoms with Gasteiger partial charge in [0.25, 0.3) is 5.56 Å². The van der Waals surface area contributed by atoms with Gasteiger partial charge in [-0.15, -0.1) is 0 Å². The van der Waals surface area contributed by atoms with E-state index in [1.165, 1.54) is 16.7 Å². The normalized spacial score (nSPS) is 12.8. The Labute approximate surface area is 160 Å². The van der Waals surface area contributed by atoms with E-state index in [9.17, 15) is 14.0 Å². The maximum Gasteiger partial charge on any atom is 0.258 e. The Bertz CT molecular complexity index is 1130. The molecular weight excluding hydrogens is 361 g/mol. The number of nitrogens with zero attached hydrogens (tertiary/aromatic N) is 4. The first-order valence-corrected chi connectivity index (χ1v) is 9.14. The monoisotopic (exact) mass is 381 g/mol. The number of halogens is 1. The van der Waals surface area contributed by atoms with Gasteiger partial charge in [-0.2, -0.15) is 5.10 Å². The van der Waals surface area contributed by atoms with Gasteiger partial charge in [-0.1, -0.05) is 12.1 Å². The maximum atomic E-state index is 13.8. The van der Waals surface area contributed by atoms with Crippen LogP contribution in [-0.4, -0.2) is 25.2 Å². The van der Waals surface area contributed by atoms with Crippen LogP contribution in [0.15, 0.2) is 35.1 Å². The van der Waals surface area contributed by atoms with Crippen LogP contribution in [0.5, 0.6) is 0 Å². The summed E-state index contributed by atoms with van der Waals surface area (Å²) in [7, 11) is 0. The summed E-state index contributed by atoms with van der Waals surface area (Å²) in [5.74, 6) is -0.733. The number of aryl methyl sites for hydroxylation is 3. The molecule has 0 radical (unpaired) electrons. The van der Waals surface area contributed by atoms with E-state index < -0.39 is 11.7 Å². The van der Waals surface area contributed by atoms with Crippen molar-refractivity contribution in [3.8, 4) is 5.95 Å². The molecular formula is C20H20FN5O2. The molecule has 0 atom stereocenters. The lowest BCUT2D eigenvalue weighted by Gasteiger charge is -2.15. The molecule has 0 saturated carbocycles. The van der Waals surface area contributed by atoms with Crippen LogP contribution in [0.25, 0.3) is 5.95 Å². The summed E-state index contributed by atoms with van der Waals surface area (Å²) in [6.45, 7) is 3.44. The molecule has 0 fully saturated rings. The number of nitrogens with one attached hydrogen (secondary N) is 1. The third kappa shape index (κ3) is 3.21. The Morgan fingerprint density at radius 3 is 2.75 bits per heavy atom. The van der Waals surface area contributed by atoms with E-state index in [1.807, 2.05) is 19.9 Å². The number of carbonyl (C=O) groups excluding carboxylic acids is 1. The highest BCUT2D eigenvalue weighted by molar-refractivity contribution is 5.90. The van der Waals surface area contributed by atoms with Crippen molar-refractivity contribution in [2.45, 2.75) is 39.7 Å². The highest BCUT2D eigenvalue weighted by atomic mass is 19.1. The van der Waals surface area contributed by atoms with Crippen LogP contribution in [0.2, 0.25) is 0 Å². The Morgan fingerprint density at radius 2 is 2.04 bits per heavy atom. The van der Waals surface area contributed by atoms with Crippen LogP contribution in [0, 0.1) is 19.7 Å². The predicted octanol–water partition coefficient (Wildman–Crippen LogP) is 2.31. The fourth-order valence-corrected chi connectivity index (χ4v) is 3.55. The summed E-state index contributed by atoms with van der Waals surface area (Å²) < 4.78 is 16.7. The van der Waals surface area contributed by atoms with Gasteiger partial charge in [-0.25, -0.2) is 14.1 Å². The second kappa shape index (κ2) is 7.03. The van der Waals surface area contributed by atoms with Crippen molar-refractivity contribution in [1.82, 2.24) is 19.3 Å². The zero-order chi connectivity index (χ0) is 19.8. The molecule has 28 heavy (non-hydrogen) atoms. The lowest BCUT2D eigenvalue weighted by Crippen LogP contribution is -2.34. The molecule has 2 aromatic heterocycles. The summed E-state index contributed by atoms with van der Waals surface area (Å²) in [4.78, 5) is 30.3. The number of rotatable bonds is 4. The van der Waals surface area contributed by atoms with Crippen molar-refractivity contribution in [1.29, 1.82) is 0 Å². The second-order valence-corrected chi connectivity index (χ2v) is 6.95. The summed E-state index contributed by atoms with van der Waals surface area (Å²) >= 11 is 0. The van der Waals surface area contributed by atoms with Crippen LogP contribution < -0.4 is 10.9 Å². The minimum Gasteiger partial charge on any atom is -0.322 e. The predicted molar refractivity (Wildman–Crippen MR) is 102 cm³/mol. The first-order valence-electron chi connectivity index (χ1n) is 9.14. The summed E-state index contributed by atoms with van der Waals surface area (Å²) in [5.41, 5.74) is 2.83. The van der Waals surface area contributed by atoms with Crippen LogP contribution in [0.1, 0.15) is 29.1 Å². The molecule has 1 aliphatic carbocycles. The van der Waals surface area contributed by atoms with Crippen molar-refractivity contribution < 1.29 is 9.18 Å². The van der Waals surface area contributed by atoms with Gasteiger partial charge in [0.05, 0.1) is 17.1 Å². The molecule has 144 valence electrons. The van der Waals surface area contributed by atoms with Crippen LogP contribution in [-0.2, 0) is 24.2 Å². The van der Waals surface area contributed by atoms with E-state index in [4.69, 9.17) is 0 Å². The minimum absolute atomic E-state index is 0.0716. The molecule has 1 aliphatic rings. The molecule has 0 bridgehead atoms. The number of hydrogen-bond donors (Lipinski definition) is 1. The number of benzene rings is 1. The standard InChI is InChI=1S/C20H20FN5O2/c1-12-10-13(2)26(24-12)20-23-16-9-5-6-14(16)19(28)25(20)11-18(27)22-17-8-4-3-7-15(17)21/h3-4,7-8,10H,5-6,9,11H2,1-2H3,(H,22,27). The number of fused-ring (bicyclic) bond motifs is 1. The molecule has 1 N–H and O–H groups in total. The fourth-order valence-electron chi connectivity index (χ4n) is 3.55. The van der Waals surface area contributed by atoms with Gasteiger partial charge in [0.1, 0.15) is 12.4 Å². The molecule has 2 heterocycles. The van der Waals surface area contributed by atoms with Gasteiger partial charge in [0, 0.05) is 11.3 Å². The lowest BCUT2D eigenvalue weighted by molar-refractivity contribution is -0.116. The number of para-hydroxylation sites is 1. The smallest absolute Gasteiger partial charge is 0.258 e. The highest BCUT2D eigenvalue weighted by Gasteiger charge is 2.24. The average Bonchev–Trinajstić information content (AvgIpc) is 3.25. The van der Waals surface area contributed by atoms with Crippen molar-refractivity contribution in [2.24, 2.45) is 0 Å². The van der Waals surface area contributed by atoms with Crippen LogP contribution in [0.3, 0.4) is 0 Å². The molecule has 1 aromatic carbocycles. The molecule has 0 saturated heterocycles. The van der Waals surface area contributed by atoms with E-state index >= 15 is 0 Å². The van der Waals surface area contributed by atoms with E-state index in [2.05, 4.69) is 15.4 Å². The van der Waals surface area contributed by atoms with Gasteiger partial charge >= 0.3 is 0 Å². The molecule has 0 spiro atoms. The molecule has 3 aromatic rings. The molecule has 7 nitrogen and oxygen atoms in total. The van der Waals surface area contributed by atoms with Crippen LogP contribution >= 0.6 is 0 Å². The van der Waals surface area contributed by atoms with Crippen molar-refractivity contribution in [2.75, 3.05) is 5.32 Å². The molecule has 8 heteroatoms. The van der Waals surface area contributed by atoms with E-state index in [1.54, 1.807) is 16.8 Å². The SMILES string of the molecule is Cc1cc(C)n(-c2nc3c(c(=O)n2CC(=O)Nc2ccccc2F)CCC3)n1. The first kappa shape index (κ1) is 18.1. The number of anilines is 1. The van der Waals surface area contributed by atoms with Gasteiger partial charge in [0.2, 0.25) is 11.9 Å². The summed E-state index contributed by atoms with van der Waals surface area (Å²) in [6.07, 6.45) is 2.24. The van der Waals surface area contributed by atoms with Gasteiger partial charge in [-0.05, 0) is 51.3 Å². The molecule has 4 rings (SSSR count). The number of amides is 1. The van der Waals surface area contributed by atoms with Crippen molar-refractivity contribution in [3.05, 3.63) is 69.1 Å². The highest BCUT2D eigenvalue weighted by Crippen LogP contribution is 2.19. The van der Waals surface area contributed by atoms with Gasteiger partial charge < -0.3 is 5.32 Å². The quantitative estimate of drug-likeness (QED) is 0.752. The third-order valence-corrected chi connectivity index (χ3v) is 4.82. The molecule has 0 aliphatic heterocycles. The largest absolute Gasteiger partial charge is 0.322 e. The van der Waals surface area contributed by atoms with Crippen molar-refractivity contribution >= 4 is 11.6 Å². The Hall–Kier alpha value is -3.29. The number of hydrogen-bond acceptors (Lipinski definition) is 4. The van der Waals surface area contributed by atoms with Crippen molar-refractivity contribution in [3.63, 3.8) is 0 Å². The van der Waals surface area contributed by atoms with Gasteiger partial charge in [-0.3, -0.25) is 14.2 Å². The molecule has 0 unspecified atom stereocenters. The maximum absolute atomic E-state index is 13.8. The summed E-state index contributed by atoms with van der Waals surface area (Å²) in [6, 6.07) is 7.78. The topological polar surface area (TPSA) is 81.8 Å². The zero-order valence-corrected chi connectivity index (χ0v) is 15.7. The third-order valence-electron chi connectivity index (χ3n) is 4.82. The van der Waals surface area contributed by atoms with E-state index in [-0.39, 0.29) is 17.8 Å².